The molecule has 10 nitrogen and oxygen atoms in total. The van der Waals surface area contributed by atoms with Gasteiger partial charge in [0.1, 0.15) is 0 Å². The van der Waals surface area contributed by atoms with Gasteiger partial charge in [-0.2, -0.15) is 0 Å². The monoisotopic (exact) mass is 543 g/mol. The highest BCUT2D eigenvalue weighted by Gasteiger charge is 2.23. The molecular formula is C30H29N3O7. The smallest absolute Gasteiger partial charge is 0.339 e. The molecule has 3 aromatic carbocycles. The average Bonchev–Trinajstić information content (AvgIpc) is 2.96. The number of esters is 1. The largest absolute Gasteiger partial charge is 0.493 e. The molecule has 206 valence electrons. The zero-order valence-corrected chi connectivity index (χ0v) is 22.7. The van der Waals surface area contributed by atoms with Crippen molar-refractivity contribution in [3.63, 3.8) is 0 Å². The van der Waals surface area contributed by atoms with Crippen LogP contribution >= 0.6 is 0 Å². The van der Waals surface area contributed by atoms with Gasteiger partial charge in [-0.15, -0.1) is 0 Å². The highest BCUT2D eigenvalue weighted by atomic mass is 16.5. The molecule has 1 atom stereocenters. The van der Waals surface area contributed by atoms with E-state index in [0.29, 0.717) is 50.8 Å². The summed E-state index contributed by atoms with van der Waals surface area (Å²) >= 11 is 0. The van der Waals surface area contributed by atoms with Gasteiger partial charge in [-0.25, -0.2) is 9.78 Å². The van der Waals surface area contributed by atoms with E-state index < -0.39 is 18.0 Å². The van der Waals surface area contributed by atoms with Crippen LogP contribution in [0.1, 0.15) is 24.2 Å². The molecular weight excluding hydrogens is 514 g/mol. The predicted octanol–water partition coefficient (Wildman–Crippen LogP) is 5.07. The van der Waals surface area contributed by atoms with Crippen molar-refractivity contribution in [2.24, 2.45) is 0 Å². The number of anilines is 2. The van der Waals surface area contributed by atoms with E-state index in [9.17, 15) is 14.4 Å². The van der Waals surface area contributed by atoms with Crippen LogP contribution in [0.15, 0.2) is 66.7 Å². The van der Waals surface area contributed by atoms with Gasteiger partial charge in [0.2, 0.25) is 11.7 Å². The van der Waals surface area contributed by atoms with E-state index >= 15 is 0 Å². The lowest BCUT2D eigenvalue weighted by molar-refractivity contribution is -0.123. The van der Waals surface area contributed by atoms with Crippen LogP contribution in [0.25, 0.3) is 22.2 Å². The summed E-state index contributed by atoms with van der Waals surface area (Å²) in [4.78, 5) is 42.1. The molecule has 0 radical (unpaired) electrons. The number of aromatic nitrogens is 1. The molecule has 2 N–H and O–H groups in total. The van der Waals surface area contributed by atoms with E-state index in [1.807, 2.05) is 6.07 Å². The Morgan fingerprint density at radius 1 is 0.800 bits per heavy atom. The number of benzene rings is 3. The van der Waals surface area contributed by atoms with E-state index in [1.165, 1.54) is 35.2 Å². The third-order valence-electron chi connectivity index (χ3n) is 6.02. The predicted molar refractivity (Wildman–Crippen MR) is 151 cm³/mol. The van der Waals surface area contributed by atoms with Crippen LogP contribution in [0.3, 0.4) is 0 Å². The molecule has 4 aromatic rings. The van der Waals surface area contributed by atoms with Crippen LogP contribution in [0.2, 0.25) is 0 Å². The maximum Gasteiger partial charge on any atom is 0.339 e. The third-order valence-corrected chi connectivity index (χ3v) is 6.02. The van der Waals surface area contributed by atoms with Crippen LogP contribution in [0.5, 0.6) is 17.2 Å². The minimum Gasteiger partial charge on any atom is -0.493 e. The van der Waals surface area contributed by atoms with Crippen molar-refractivity contribution in [1.82, 2.24) is 4.98 Å². The van der Waals surface area contributed by atoms with E-state index in [1.54, 1.807) is 60.7 Å². The Kier molecular flexibility index (Phi) is 8.48. The first-order valence-electron chi connectivity index (χ1n) is 12.3. The Morgan fingerprint density at radius 3 is 1.98 bits per heavy atom. The van der Waals surface area contributed by atoms with E-state index in [2.05, 4.69) is 10.6 Å². The maximum absolute atomic E-state index is 13.4. The van der Waals surface area contributed by atoms with Gasteiger partial charge in [-0.3, -0.25) is 9.59 Å². The zero-order chi connectivity index (χ0) is 28.8. The lowest BCUT2D eigenvalue weighted by Gasteiger charge is -2.16. The second-order valence-electron chi connectivity index (χ2n) is 8.78. The van der Waals surface area contributed by atoms with E-state index in [4.69, 9.17) is 23.9 Å². The van der Waals surface area contributed by atoms with Crippen LogP contribution in [0.4, 0.5) is 11.4 Å². The standard InChI is InChI=1S/C30H29N3O7/c1-17(29(35)32-21-12-10-20(11-13-21)31-18(2)34)40-30(36)23-16-25(33-24-9-7-6-8-22(23)24)19-14-26(37-3)28(39-5)27(15-19)38-4/h6-17H,1-5H3,(H,31,34)(H,32,35). The molecule has 4 rings (SSSR count). The first kappa shape index (κ1) is 27.9. The first-order chi connectivity index (χ1) is 19.2. The average molecular weight is 544 g/mol. The fourth-order valence-corrected chi connectivity index (χ4v) is 4.08. The van der Waals surface area contributed by atoms with Crippen LogP contribution in [-0.2, 0) is 14.3 Å². The Balaban J connectivity index is 1.61. The lowest BCUT2D eigenvalue weighted by atomic mass is 10.0. The Labute approximate surface area is 231 Å². The highest BCUT2D eigenvalue weighted by molar-refractivity contribution is 6.06. The molecule has 0 aliphatic rings. The van der Waals surface area contributed by atoms with Crippen molar-refractivity contribution >= 4 is 40.1 Å². The summed E-state index contributed by atoms with van der Waals surface area (Å²) in [6, 6.07) is 18.8. The fraction of sp³-hybridized carbons (Fsp3) is 0.200. The number of para-hydroxylation sites is 1. The van der Waals surface area contributed by atoms with Crippen molar-refractivity contribution in [2.75, 3.05) is 32.0 Å². The Morgan fingerprint density at radius 2 is 1.40 bits per heavy atom. The van der Waals surface area contributed by atoms with Crippen molar-refractivity contribution in [1.29, 1.82) is 0 Å². The zero-order valence-electron chi connectivity index (χ0n) is 22.7. The normalized spacial score (nSPS) is 11.3. The number of ether oxygens (including phenoxy) is 4. The van der Waals surface area contributed by atoms with Gasteiger partial charge in [0.05, 0.1) is 38.1 Å². The van der Waals surface area contributed by atoms with Crippen molar-refractivity contribution in [2.45, 2.75) is 20.0 Å². The number of hydrogen-bond donors (Lipinski definition) is 2. The van der Waals surface area contributed by atoms with Crippen molar-refractivity contribution in [3.8, 4) is 28.5 Å². The molecule has 0 fully saturated rings. The Bertz CT molecular complexity index is 1540. The summed E-state index contributed by atoms with van der Waals surface area (Å²) in [6.45, 7) is 2.90. The SMILES string of the molecule is COc1cc(-c2cc(C(=O)OC(C)C(=O)Nc3ccc(NC(C)=O)cc3)c3ccccc3n2)cc(OC)c1OC. The minimum absolute atomic E-state index is 0.200. The summed E-state index contributed by atoms with van der Waals surface area (Å²) in [7, 11) is 4.55. The number of rotatable bonds is 9. The number of hydrogen-bond acceptors (Lipinski definition) is 8. The summed E-state index contributed by atoms with van der Waals surface area (Å²) in [5, 5.41) is 5.94. The van der Waals surface area contributed by atoms with Gasteiger partial charge in [0.15, 0.2) is 17.6 Å². The summed E-state index contributed by atoms with van der Waals surface area (Å²) in [6.07, 6.45) is -1.10. The number of fused-ring (bicyclic) bond motifs is 1. The molecule has 2 amide bonds. The molecule has 1 unspecified atom stereocenters. The van der Waals surface area contributed by atoms with Crippen molar-refractivity contribution < 1.29 is 33.3 Å². The number of nitrogens with one attached hydrogen (secondary N) is 2. The van der Waals surface area contributed by atoms with Gasteiger partial charge in [0.25, 0.3) is 5.91 Å². The molecule has 0 aliphatic heterocycles. The van der Waals surface area contributed by atoms with Gasteiger partial charge in [-0.05, 0) is 55.5 Å². The lowest BCUT2D eigenvalue weighted by Crippen LogP contribution is -2.30. The number of nitrogens with zero attached hydrogens (tertiary/aromatic N) is 1. The van der Waals surface area contributed by atoms with Crippen molar-refractivity contribution in [3.05, 3.63) is 72.3 Å². The molecule has 1 heterocycles. The number of amides is 2. The molecule has 1 aromatic heterocycles. The Hall–Kier alpha value is -5.12. The first-order valence-corrected chi connectivity index (χ1v) is 12.3. The molecule has 0 saturated carbocycles. The van der Waals surface area contributed by atoms with E-state index in [0.717, 1.165) is 0 Å². The molecule has 40 heavy (non-hydrogen) atoms. The summed E-state index contributed by atoms with van der Waals surface area (Å²) < 4.78 is 21.9. The molecule has 0 bridgehead atoms. The summed E-state index contributed by atoms with van der Waals surface area (Å²) in [5.41, 5.74) is 2.99. The van der Waals surface area contributed by atoms with Gasteiger partial charge in [0, 0.05) is 29.2 Å². The minimum atomic E-state index is -1.10. The number of carbonyl (C=O) groups excluding carboxylic acids is 3. The highest BCUT2D eigenvalue weighted by Crippen LogP contribution is 2.41. The number of methoxy groups -OCH3 is 3. The fourth-order valence-electron chi connectivity index (χ4n) is 4.08. The van der Waals surface area contributed by atoms with Crippen LogP contribution < -0.4 is 24.8 Å². The molecule has 0 spiro atoms. The second-order valence-corrected chi connectivity index (χ2v) is 8.78. The topological polar surface area (TPSA) is 125 Å². The number of carbonyl (C=O) groups is 3. The van der Waals surface area contributed by atoms with Gasteiger partial charge in [-0.1, -0.05) is 18.2 Å². The third kappa shape index (κ3) is 6.12. The van der Waals surface area contributed by atoms with Crippen LogP contribution in [-0.4, -0.2) is 50.2 Å². The van der Waals surface area contributed by atoms with Gasteiger partial charge >= 0.3 is 5.97 Å². The number of pyridine rings is 1. The van der Waals surface area contributed by atoms with Crippen LogP contribution in [0, 0.1) is 0 Å². The molecule has 0 saturated heterocycles. The second kappa shape index (κ2) is 12.2. The molecule has 0 aliphatic carbocycles. The molecule has 10 heteroatoms. The summed E-state index contributed by atoms with van der Waals surface area (Å²) in [5.74, 6) is -0.0920. The maximum atomic E-state index is 13.4. The van der Waals surface area contributed by atoms with Gasteiger partial charge < -0.3 is 29.6 Å². The van der Waals surface area contributed by atoms with E-state index in [-0.39, 0.29) is 11.5 Å². The quantitative estimate of drug-likeness (QED) is 0.280.